The predicted molar refractivity (Wildman–Crippen MR) is 81.4 cm³/mol. The molecule has 0 radical (unpaired) electrons. The Morgan fingerprint density at radius 2 is 1.80 bits per heavy atom. The van der Waals surface area contributed by atoms with E-state index in [4.69, 9.17) is 4.74 Å². The van der Waals surface area contributed by atoms with Crippen molar-refractivity contribution >= 4 is 26.8 Å². The molecule has 3 rings (SSSR count). The van der Waals surface area contributed by atoms with Gasteiger partial charge >= 0.3 is 0 Å². The van der Waals surface area contributed by atoms with Crippen molar-refractivity contribution in [2.75, 3.05) is 7.11 Å². The fourth-order valence-corrected chi connectivity index (χ4v) is 2.51. The smallest absolute Gasteiger partial charge is 0.214 e. The molecule has 0 aliphatic rings. The first-order valence-corrected chi connectivity index (χ1v) is 6.87. The highest BCUT2D eigenvalue weighted by Crippen LogP contribution is 2.32. The van der Waals surface area contributed by atoms with E-state index in [0.29, 0.717) is 5.88 Å². The fourth-order valence-electron chi connectivity index (χ4n) is 2.15. The third-order valence-corrected chi connectivity index (χ3v) is 3.60. The van der Waals surface area contributed by atoms with Gasteiger partial charge in [0.25, 0.3) is 0 Å². The van der Waals surface area contributed by atoms with Crippen molar-refractivity contribution in [2.24, 2.45) is 0 Å². The molecule has 100 valence electrons. The van der Waals surface area contributed by atoms with Crippen LogP contribution in [0.4, 0.5) is 4.39 Å². The standard InChI is InChI=1S/C16H11BrFNO/c1-20-16-9-13(10-2-5-12(18)6-3-10)14-8-11(17)4-7-15(14)19-16/h2-9H,1H3. The van der Waals surface area contributed by atoms with Crippen LogP contribution < -0.4 is 4.74 Å². The molecule has 2 aromatic carbocycles. The van der Waals surface area contributed by atoms with Crippen LogP contribution in [0.1, 0.15) is 0 Å². The van der Waals surface area contributed by atoms with Crippen molar-refractivity contribution in [3.05, 3.63) is 58.8 Å². The zero-order valence-corrected chi connectivity index (χ0v) is 12.3. The predicted octanol–water partition coefficient (Wildman–Crippen LogP) is 4.81. The largest absolute Gasteiger partial charge is 0.481 e. The molecular formula is C16H11BrFNO. The van der Waals surface area contributed by atoms with Crippen LogP contribution in [0.15, 0.2) is 53.0 Å². The number of rotatable bonds is 2. The number of ether oxygens (including phenoxy) is 1. The van der Waals surface area contributed by atoms with Crippen LogP contribution in [0.2, 0.25) is 0 Å². The summed E-state index contributed by atoms with van der Waals surface area (Å²) in [5.74, 6) is 0.291. The lowest BCUT2D eigenvalue weighted by Gasteiger charge is -2.09. The molecule has 0 aliphatic heterocycles. The summed E-state index contributed by atoms with van der Waals surface area (Å²) in [4.78, 5) is 4.42. The summed E-state index contributed by atoms with van der Waals surface area (Å²) in [5, 5.41) is 0.992. The second-order valence-electron chi connectivity index (χ2n) is 4.38. The van der Waals surface area contributed by atoms with E-state index in [1.807, 2.05) is 24.3 Å². The second kappa shape index (κ2) is 5.21. The number of hydrogen-bond acceptors (Lipinski definition) is 2. The summed E-state index contributed by atoms with van der Waals surface area (Å²) in [6, 6.07) is 14.1. The van der Waals surface area contributed by atoms with Gasteiger partial charge in [-0.05, 0) is 41.5 Å². The number of benzene rings is 2. The number of pyridine rings is 1. The molecule has 0 N–H and O–H groups in total. The lowest BCUT2D eigenvalue weighted by atomic mass is 10.0. The van der Waals surface area contributed by atoms with E-state index in [-0.39, 0.29) is 5.82 Å². The lowest BCUT2D eigenvalue weighted by Crippen LogP contribution is -1.91. The van der Waals surface area contributed by atoms with Crippen molar-refractivity contribution in [3.8, 4) is 17.0 Å². The van der Waals surface area contributed by atoms with Gasteiger partial charge in [0.05, 0.1) is 12.6 Å². The number of methoxy groups -OCH3 is 1. The molecule has 0 fully saturated rings. The van der Waals surface area contributed by atoms with Crippen LogP contribution >= 0.6 is 15.9 Å². The van der Waals surface area contributed by atoms with Gasteiger partial charge in [0.1, 0.15) is 5.82 Å². The molecule has 20 heavy (non-hydrogen) atoms. The molecule has 1 aromatic heterocycles. The van der Waals surface area contributed by atoms with Crippen molar-refractivity contribution in [3.63, 3.8) is 0 Å². The summed E-state index contributed by atoms with van der Waals surface area (Å²) >= 11 is 3.47. The fraction of sp³-hybridized carbons (Fsp3) is 0.0625. The van der Waals surface area contributed by atoms with E-state index in [9.17, 15) is 4.39 Å². The Bertz CT molecular complexity index is 771. The first kappa shape index (κ1) is 13.1. The molecular weight excluding hydrogens is 321 g/mol. The zero-order valence-electron chi connectivity index (χ0n) is 10.7. The summed E-state index contributed by atoms with van der Waals surface area (Å²) in [7, 11) is 1.58. The average Bonchev–Trinajstić information content (AvgIpc) is 2.47. The first-order chi connectivity index (χ1) is 9.67. The van der Waals surface area contributed by atoms with Crippen molar-refractivity contribution in [1.29, 1.82) is 0 Å². The Morgan fingerprint density at radius 3 is 2.50 bits per heavy atom. The van der Waals surface area contributed by atoms with E-state index >= 15 is 0 Å². The summed E-state index contributed by atoms with van der Waals surface area (Å²) < 4.78 is 19.3. The highest BCUT2D eigenvalue weighted by molar-refractivity contribution is 9.10. The minimum absolute atomic E-state index is 0.250. The maximum Gasteiger partial charge on any atom is 0.214 e. The molecule has 0 bridgehead atoms. The van der Waals surface area contributed by atoms with Gasteiger partial charge in [-0.3, -0.25) is 0 Å². The maximum atomic E-state index is 13.1. The van der Waals surface area contributed by atoms with E-state index in [1.165, 1.54) is 12.1 Å². The third kappa shape index (κ3) is 2.39. The van der Waals surface area contributed by atoms with Gasteiger partial charge in [-0.2, -0.15) is 0 Å². The molecule has 0 atom stereocenters. The van der Waals surface area contributed by atoms with Gasteiger partial charge in [0.15, 0.2) is 0 Å². The van der Waals surface area contributed by atoms with Gasteiger partial charge in [-0.25, -0.2) is 9.37 Å². The van der Waals surface area contributed by atoms with Crippen LogP contribution in [0, 0.1) is 5.82 Å². The highest BCUT2D eigenvalue weighted by atomic mass is 79.9. The summed E-state index contributed by atoms with van der Waals surface area (Å²) in [5.41, 5.74) is 2.73. The molecule has 0 spiro atoms. The first-order valence-electron chi connectivity index (χ1n) is 6.07. The van der Waals surface area contributed by atoms with Gasteiger partial charge in [0, 0.05) is 15.9 Å². The topological polar surface area (TPSA) is 22.1 Å². The van der Waals surface area contributed by atoms with Gasteiger partial charge in [-0.15, -0.1) is 0 Å². The minimum Gasteiger partial charge on any atom is -0.481 e. The number of halogens is 2. The molecule has 3 aromatic rings. The van der Waals surface area contributed by atoms with Gasteiger partial charge in [0.2, 0.25) is 5.88 Å². The molecule has 0 unspecified atom stereocenters. The molecule has 0 aliphatic carbocycles. The molecule has 0 saturated carbocycles. The minimum atomic E-state index is -0.250. The highest BCUT2D eigenvalue weighted by Gasteiger charge is 2.09. The number of fused-ring (bicyclic) bond motifs is 1. The van der Waals surface area contributed by atoms with Crippen LogP contribution in [0.5, 0.6) is 5.88 Å². The van der Waals surface area contributed by atoms with Crippen LogP contribution in [-0.4, -0.2) is 12.1 Å². The Kier molecular flexibility index (Phi) is 3.40. The van der Waals surface area contributed by atoms with Crippen molar-refractivity contribution in [2.45, 2.75) is 0 Å². The van der Waals surface area contributed by atoms with Crippen LogP contribution in [0.25, 0.3) is 22.0 Å². The van der Waals surface area contributed by atoms with Crippen LogP contribution in [-0.2, 0) is 0 Å². The zero-order chi connectivity index (χ0) is 14.1. The summed E-state index contributed by atoms with van der Waals surface area (Å²) in [6.07, 6.45) is 0. The van der Waals surface area contributed by atoms with Crippen molar-refractivity contribution < 1.29 is 9.13 Å². The Labute approximate surface area is 124 Å². The Balaban J connectivity index is 2.31. The second-order valence-corrected chi connectivity index (χ2v) is 5.30. The maximum absolute atomic E-state index is 13.1. The Hall–Kier alpha value is -1.94. The van der Waals surface area contributed by atoms with E-state index in [2.05, 4.69) is 20.9 Å². The van der Waals surface area contributed by atoms with E-state index in [0.717, 1.165) is 26.5 Å². The number of nitrogens with zero attached hydrogens (tertiary/aromatic N) is 1. The molecule has 1 heterocycles. The lowest BCUT2D eigenvalue weighted by molar-refractivity contribution is 0.400. The monoisotopic (exact) mass is 331 g/mol. The Morgan fingerprint density at radius 1 is 1.05 bits per heavy atom. The normalized spacial score (nSPS) is 10.8. The van der Waals surface area contributed by atoms with Crippen molar-refractivity contribution in [1.82, 2.24) is 4.98 Å². The number of aromatic nitrogens is 1. The summed E-state index contributed by atoms with van der Waals surface area (Å²) in [6.45, 7) is 0. The molecule has 2 nitrogen and oxygen atoms in total. The molecule has 0 saturated heterocycles. The van der Waals surface area contributed by atoms with Gasteiger partial charge < -0.3 is 4.74 Å². The average molecular weight is 332 g/mol. The number of hydrogen-bond donors (Lipinski definition) is 0. The van der Waals surface area contributed by atoms with E-state index < -0.39 is 0 Å². The molecule has 4 heteroatoms. The molecule has 0 amide bonds. The van der Waals surface area contributed by atoms with E-state index in [1.54, 1.807) is 19.2 Å². The SMILES string of the molecule is COc1cc(-c2ccc(F)cc2)c2cc(Br)ccc2n1. The van der Waals surface area contributed by atoms with Gasteiger partial charge in [-0.1, -0.05) is 28.1 Å². The van der Waals surface area contributed by atoms with Crippen LogP contribution in [0.3, 0.4) is 0 Å². The quantitative estimate of drug-likeness (QED) is 0.672. The third-order valence-electron chi connectivity index (χ3n) is 3.11.